The molecular weight excluding hydrogens is 470 g/mol. The van der Waals surface area contributed by atoms with Crippen molar-refractivity contribution >= 4 is 11.6 Å². The fourth-order valence-corrected chi connectivity index (χ4v) is 5.17. The van der Waals surface area contributed by atoms with Gasteiger partial charge in [0.25, 0.3) is 0 Å². The van der Waals surface area contributed by atoms with Gasteiger partial charge < -0.3 is 14.4 Å². The lowest BCUT2D eigenvalue weighted by Crippen LogP contribution is -2.42. The van der Waals surface area contributed by atoms with Crippen LogP contribution in [0.15, 0.2) is 18.5 Å². The van der Waals surface area contributed by atoms with Crippen molar-refractivity contribution in [3.05, 3.63) is 29.7 Å². The van der Waals surface area contributed by atoms with Gasteiger partial charge in [-0.1, -0.05) is 11.6 Å². The first kappa shape index (κ1) is 25.1. The van der Waals surface area contributed by atoms with Gasteiger partial charge >= 0.3 is 6.09 Å². The summed E-state index contributed by atoms with van der Waals surface area (Å²) in [4.78, 5) is 14.2. The monoisotopic (exact) mass is 505 g/mol. The lowest BCUT2D eigenvalue weighted by molar-refractivity contribution is 0.0184. The van der Waals surface area contributed by atoms with Crippen molar-refractivity contribution in [2.24, 2.45) is 5.92 Å². The molecule has 0 aromatic carbocycles. The maximum absolute atomic E-state index is 12.4. The number of carbonyl (C=O) groups excluding carboxylic acids is 1. The number of likely N-dealkylation sites (tertiary alicyclic amines) is 1. The zero-order valence-corrected chi connectivity index (χ0v) is 22.3. The second kappa shape index (κ2) is 9.69. The second-order valence-electron chi connectivity index (χ2n) is 11.2. The third-order valence-electron chi connectivity index (χ3n) is 7.49. The molecular formula is C27H35N7O3. The number of ether oxygens (including phenoxy) is 2. The molecule has 2 aliphatic rings. The van der Waals surface area contributed by atoms with E-state index in [-0.39, 0.29) is 18.2 Å². The minimum Gasteiger partial charge on any atom is -0.488 e. The van der Waals surface area contributed by atoms with E-state index in [4.69, 9.17) is 9.47 Å². The SMILES string of the molecule is Cc1c(-c2cc(O[C@H](C)C3CCC3)c3c(C#N)cnn3c2)nnn1C1CCN(C(=O)OC(C)(C)C)CC1. The molecule has 196 valence electrons. The van der Waals surface area contributed by atoms with Crippen LogP contribution < -0.4 is 4.74 Å². The minimum atomic E-state index is -0.507. The van der Waals surface area contributed by atoms with E-state index in [2.05, 4.69) is 28.4 Å². The summed E-state index contributed by atoms with van der Waals surface area (Å²) in [7, 11) is 0. The van der Waals surface area contributed by atoms with E-state index in [1.165, 1.54) is 19.3 Å². The van der Waals surface area contributed by atoms with Gasteiger partial charge in [0.2, 0.25) is 0 Å². The molecule has 0 bridgehead atoms. The van der Waals surface area contributed by atoms with E-state index >= 15 is 0 Å². The topological polar surface area (TPSA) is 111 Å². The number of carbonyl (C=O) groups is 1. The van der Waals surface area contributed by atoms with Gasteiger partial charge in [-0.25, -0.2) is 14.0 Å². The normalized spacial score (nSPS) is 17.9. The summed E-state index contributed by atoms with van der Waals surface area (Å²) in [5.74, 6) is 1.18. The Kier molecular flexibility index (Phi) is 6.56. The highest BCUT2D eigenvalue weighted by Crippen LogP contribution is 2.36. The lowest BCUT2D eigenvalue weighted by atomic mass is 9.82. The Balaban J connectivity index is 1.38. The summed E-state index contributed by atoms with van der Waals surface area (Å²) in [6.07, 6.45) is 8.37. The number of fused-ring (bicyclic) bond motifs is 1. The lowest BCUT2D eigenvalue weighted by Gasteiger charge is -2.33. The Labute approximate surface area is 217 Å². The molecule has 1 amide bonds. The van der Waals surface area contributed by atoms with E-state index in [1.807, 2.05) is 44.6 Å². The van der Waals surface area contributed by atoms with E-state index in [0.717, 1.165) is 29.8 Å². The van der Waals surface area contributed by atoms with Crippen LogP contribution in [0.5, 0.6) is 5.75 Å². The van der Waals surface area contributed by atoms with Crippen LogP contribution in [0.1, 0.15) is 77.1 Å². The Hall–Kier alpha value is -3.61. The van der Waals surface area contributed by atoms with Gasteiger partial charge in [-0.05, 0) is 72.3 Å². The summed E-state index contributed by atoms with van der Waals surface area (Å²) >= 11 is 0. The van der Waals surface area contributed by atoms with Gasteiger partial charge in [0, 0.05) is 24.8 Å². The summed E-state index contributed by atoms with van der Waals surface area (Å²) in [6.45, 7) is 11.0. The number of nitriles is 1. The smallest absolute Gasteiger partial charge is 0.410 e. The average Bonchev–Trinajstić information content (AvgIpc) is 3.40. The van der Waals surface area contributed by atoms with Crippen molar-refractivity contribution < 1.29 is 14.3 Å². The first-order chi connectivity index (χ1) is 17.6. The Morgan fingerprint density at radius 2 is 1.95 bits per heavy atom. The first-order valence-electron chi connectivity index (χ1n) is 13.1. The maximum atomic E-state index is 12.4. The van der Waals surface area contributed by atoms with Crippen LogP contribution in [-0.4, -0.2) is 60.4 Å². The van der Waals surface area contributed by atoms with Crippen LogP contribution in [0.2, 0.25) is 0 Å². The number of rotatable bonds is 5. The third kappa shape index (κ3) is 4.99. The van der Waals surface area contributed by atoms with Crippen molar-refractivity contribution in [3.63, 3.8) is 0 Å². The van der Waals surface area contributed by atoms with Gasteiger partial charge in [0.1, 0.15) is 34.2 Å². The van der Waals surface area contributed by atoms with Crippen LogP contribution in [0, 0.1) is 24.2 Å². The molecule has 10 heteroatoms. The zero-order chi connectivity index (χ0) is 26.3. The van der Waals surface area contributed by atoms with Crippen LogP contribution in [0.4, 0.5) is 4.79 Å². The van der Waals surface area contributed by atoms with Gasteiger partial charge in [-0.3, -0.25) is 0 Å². The number of hydrogen-bond acceptors (Lipinski definition) is 7. The van der Waals surface area contributed by atoms with Gasteiger partial charge in [-0.15, -0.1) is 5.10 Å². The van der Waals surface area contributed by atoms with Crippen molar-refractivity contribution in [3.8, 4) is 23.1 Å². The Bertz CT molecular complexity index is 1330. The minimum absolute atomic E-state index is 0.0566. The highest BCUT2D eigenvalue weighted by Gasteiger charge is 2.30. The van der Waals surface area contributed by atoms with Crippen LogP contribution >= 0.6 is 0 Å². The third-order valence-corrected chi connectivity index (χ3v) is 7.49. The molecule has 0 radical (unpaired) electrons. The standard InChI is InChI=1S/C27H35N7O3/c1-17-24(30-31-34(17)22-9-11-32(12-10-22)26(35)37-27(3,4)5)20-13-23(36-18(2)19-7-6-8-19)25-21(14-28)15-29-33(25)16-20/h13,15-16,18-19,22H,6-12H2,1-5H3/t18-/m1/s1. The molecule has 10 nitrogen and oxygen atoms in total. The molecule has 0 N–H and O–H groups in total. The van der Waals surface area contributed by atoms with E-state index < -0.39 is 5.60 Å². The number of nitrogens with zero attached hydrogens (tertiary/aromatic N) is 7. The first-order valence-corrected chi connectivity index (χ1v) is 13.1. The molecule has 0 spiro atoms. The van der Waals surface area contributed by atoms with Gasteiger partial charge in [0.15, 0.2) is 0 Å². The molecule has 1 aliphatic heterocycles. The number of pyridine rings is 1. The summed E-state index contributed by atoms with van der Waals surface area (Å²) in [5, 5.41) is 23.1. The molecule has 1 aliphatic carbocycles. The largest absolute Gasteiger partial charge is 0.488 e. The van der Waals surface area contributed by atoms with Crippen LogP contribution in [0.3, 0.4) is 0 Å². The molecule has 1 saturated heterocycles. The molecule has 37 heavy (non-hydrogen) atoms. The highest BCUT2D eigenvalue weighted by atomic mass is 16.6. The molecule has 1 saturated carbocycles. The number of amides is 1. The van der Waals surface area contributed by atoms with E-state index in [1.54, 1.807) is 15.6 Å². The number of aromatic nitrogens is 5. The molecule has 4 heterocycles. The Morgan fingerprint density at radius 1 is 1.22 bits per heavy atom. The maximum Gasteiger partial charge on any atom is 0.410 e. The summed E-state index contributed by atoms with van der Waals surface area (Å²) in [5.41, 5.74) is 3.20. The molecule has 3 aromatic rings. The van der Waals surface area contributed by atoms with E-state index in [9.17, 15) is 10.1 Å². The van der Waals surface area contributed by atoms with Crippen LogP contribution in [0.25, 0.3) is 16.8 Å². The second-order valence-corrected chi connectivity index (χ2v) is 11.2. The average molecular weight is 506 g/mol. The summed E-state index contributed by atoms with van der Waals surface area (Å²) in [6, 6.07) is 4.33. The molecule has 3 aromatic heterocycles. The Morgan fingerprint density at radius 3 is 2.57 bits per heavy atom. The van der Waals surface area contributed by atoms with Crippen molar-refractivity contribution in [1.82, 2.24) is 29.5 Å². The zero-order valence-electron chi connectivity index (χ0n) is 22.3. The molecule has 5 rings (SSSR count). The van der Waals surface area contributed by atoms with Gasteiger partial charge in [0.05, 0.1) is 24.0 Å². The molecule has 1 atom stereocenters. The van der Waals surface area contributed by atoms with Crippen LogP contribution in [-0.2, 0) is 4.74 Å². The fraction of sp³-hybridized carbons (Fsp3) is 0.593. The quantitative estimate of drug-likeness (QED) is 0.484. The molecule has 0 unspecified atom stereocenters. The fourth-order valence-electron chi connectivity index (χ4n) is 5.17. The summed E-state index contributed by atoms with van der Waals surface area (Å²) < 4.78 is 15.6. The molecule has 2 fully saturated rings. The van der Waals surface area contributed by atoms with E-state index in [0.29, 0.717) is 35.8 Å². The van der Waals surface area contributed by atoms with Gasteiger partial charge in [-0.2, -0.15) is 10.4 Å². The van der Waals surface area contributed by atoms with Crippen molar-refractivity contribution in [2.75, 3.05) is 13.1 Å². The highest BCUT2D eigenvalue weighted by molar-refractivity contribution is 5.75. The van der Waals surface area contributed by atoms with Crippen molar-refractivity contribution in [1.29, 1.82) is 5.26 Å². The number of piperidine rings is 1. The predicted octanol–water partition coefficient (Wildman–Crippen LogP) is 4.91. The van der Waals surface area contributed by atoms with Crippen molar-refractivity contribution in [2.45, 2.75) is 84.5 Å². The number of hydrogen-bond donors (Lipinski definition) is 0. The predicted molar refractivity (Wildman–Crippen MR) is 137 cm³/mol.